The Balaban J connectivity index is 1.86. The molecule has 1 aliphatic carbocycles. The summed E-state index contributed by atoms with van der Waals surface area (Å²) in [5.41, 5.74) is 8.41. The van der Waals surface area contributed by atoms with Crippen LogP contribution < -0.4 is 5.73 Å². The first kappa shape index (κ1) is 15.4. The summed E-state index contributed by atoms with van der Waals surface area (Å²) >= 11 is 0. The van der Waals surface area contributed by atoms with Gasteiger partial charge in [-0.2, -0.15) is 0 Å². The lowest BCUT2D eigenvalue weighted by molar-refractivity contribution is -0.149. The lowest BCUT2D eigenvalue weighted by atomic mass is 9.97. The Bertz CT molecular complexity index is 754. The van der Waals surface area contributed by atoms with Gasteiger partial charge in [-0.25, -0.2) is 0 Å². The predicted molar refractivity (Wildman–Crippen MR) is 87.3 cm³/mol. The van der Waals surface area contributed by atoms with Crippen LogP contribution in [0.25, 0.3) is 0 Å². The third kappa shape index (κ3) is 2.90. The van der Waals surface area contributed by atoms with E-state index in [2.05, 4.69) is 0 Å². The van der Waals surface area contributed by atoms with Crippen molar-refractivity contribution < 1.29 is 14.3 Å². The molecule has 1 unspecified atom stereocenters. The van der Waals surface area contributed by atoms with Gasteiger partial charge in [0.2, 0.25) is 0 Å². The average Bonchev–Trinajstić information content (AvgIpc) is 2.92. The molecule has 0 aliphatic heterocycles. The van der Waals surface area contributed by atoms with Crippen molar-refractivity contribution in [2.24, 2.45) is 5.73 Å². The Morgan fingerprint density at radius 2 is 1.74 bits per heavy atom. The third-order valence-electron chi connectivity index (χ3n) is 4.20. The summed E-state index contributed by atoms with van der Waals surface area (Å²) < 4.78 is 5.08. The van der Waals surface area contributed by atoms with Crippen molar-refractivity contribution in [3.05, 3.63) is 70.8 Å². The predicted octanol–water partition coefficient (Wildman–Crippen LogP) is 2.28. The molecule has 3 rings (SSSR count). The lowest BCUT2D eigenvalue weighted by Gasteiger charge is -2.20. The van der Waals surface area contributed by atoms with Crippen LogP contribution in [0.4, 0.5) is 0 Å². The minimum absolute atomic E-state index is 0.0287. The van der Waals surface area contributed by atoms with Gasteiger partial charge in [-0.1, -0.05) is 42.5 Å². The van der Waals surface area contributed by atoms with Gasteiger partial charge in [0.1, 0.15) is 5.54 Å². The van der Waals surface area contributed by atoms with E-state index in [1.807, 2.05) is 30.3 Å². The van der Waals surface area contributed by atoms with Crippen LogP contribution in [0.15, 0.2) is 48.5 Å². The molecular formula is C19H19NO3. The van der Waals surface area contributed by atoms with Crippen molar-refractivity contribution >= 4 is 11.8 Å². The zero-order valence-electron chi connectivity index (χ0n) is 13.0. The number of fused-ring (bicyclic) bond motifs is 1. The molecule has 0 fully saturated rings. The summed E-state index contributed by atoms with van der Waals surface area (Å²) in [6.45, 7) is 2.08. The summed E-state index contributed by atoms with van der Waals surface area (Å²) in [5, 5.41) is 0. The average molecular weight is 309 g/mol. The Labute approximate surface area is 135 Å². The van der Waals surface area contributed by atoms with E-state index in [4.69, 9.17) is 10.5 Å². The smallest absolute Gasteiger partial charge is 0.326 e. The maximum absolute atomic E-state index is 12.5. The van der Waals surface area contributed by atoms with E-state index in [0.29, 0.717) is 30.6 Å². The molecule has 0 saturated heterocycles. The fourth-order valence-corrected chi connectivity index (χ4v) is 3.02. The first-order valence-electron chi connectivity index (χ1n) is 7.71. The first-order chi connectivity index (χ1) is 11.0. The number of esters is 1. The number of hydrogen-bond acceptors (Lipinski definition) is 4. The van der Waals surface area contributed by atoms with Gasteiger partial charge in [0.25, 0.3) is 0 Å². The standard InChI is InChI=1S/C19H19NO3/c1-2-23-18(22)19(20)11-15-9-8-14(10-16(15)12-19)17(21)13-6-4-3-5-7-13/h3-10H,2,11-12,20H2,1H3. The number of nitrogens with two attached hydrogens (primary N) is 1. The van der Waals surface area contributed by atoms with Crippen LogP contribution in [0.2, 0.25) is 0 Å². The molecular weight excluding hydrogens is 290 g/mol. The quantitative estimate of drug-likeness (QED) is 0.695. The molecule has 2 aromatic carbocycles. The van der Waals surface area contributed by atoms with Crippen molar-refractivity contribution in [2.75, 3.05) is 6.61 Å². The van der Waals surface area contributed by atoms with Crippen molar-refractivity contribution in [1.82, 2.24) is 0 Å². The molecule has 0 heterocycles. The highest BCUT2D eigenvalue weighted by molar-refractivity contribution is 6.09. The van der Waals surface area contributed by atoms with Crippen LogP contribution in [0.3, 0.4) is 0 Å². The molecule has 4 heteroatoms. The monoisotopic (exact) mass is 309 g/mol. The number of hydrogen-bond donors (Lipinski definition) is 1. The summed E-state index contributed by atoms with van der Waals surface area (Å²) in [5.74, 6) is -0.411. The van der Waals surface area contributed by atoms with Gasteiger partial charge >= 0.3 is 5.97 Å². The molecule has 23 heavy (non-hydrogen) atoms. The van der Waals surface area contributed by atoms with Gasteiger partial charge in [0.15, 0.2) is 5.78 Å². The Hall–Kier alpha value is -2.46. The molecule has 1 aliphatic rings. The van der Waals surface area contributed by atoms with Gasteiger partial charge in [-0.15, -0.1) is 0 Å². The molecule has 0 radical (unpaired) electrons. The molecule has 2 aromatic rings. The first-order valence-corrected chi connectivity index (χ1v) is 7.71. The number of ether oxygens (including phenoxy) is 1. The summed E-state index contributed by atoms with van der Waals surface area (Å²) in [6, 6.07) is 14.7. The van der Waals surface area contributed by atoms with E-state index >= 15 is 0 Å². The molecule has 0 amide bonds. The number of ketones is 1. The second kappa shape index (κ2) is 5.97. The van der Waals surface area contributed by atoms with E-state index in [1.165, 1.54) is 0 Å². The van der Waals surface area contributed by atoms with Gasteiger partial charge in [0.05, 0.1) is 6.61 Å². The van der Waals surface area contributed by atoms with Crippen LogP contribution in [0, 0.1) is 0 Å². The van der Waals surface area contributed by atoms with Crippen LogP contribution in [0.5, 0.6) is 0 Å². The molecule has 2 N–H and O–H groups in total. The van der Waals surface area contributed by atoms with Gasteiger partial charge in [0, 0.05) is 24.0 Å². The van der Waals surface area contributed by atoms with Crippen LogP contribution in [-0.4, -0.2) is 23.9 Å². The molecule has 0 bridgehead atoms. The van der Waals surface area contributed by atoms with Crippen molar-refractivity contribution in [3.63, 3.8) is 0 Å². The maximum Gasteiger partial charge on any atom is 0.326 e. The fraction of sp³-hybridized carbons (Fsp3) is 0.263. The van der Waals surface area contributed by atoms with E-state index < -0.39 is 5.54 Å². The third-order valence-corrected chi connectivity index (χ3v) is 4.20. The number of rotatable bonds is 4. The SMILES string of the molecule is CCOC(=O)C1(N)Cc2ccc(C(=O)c3ccccc3)cc2C1. The zero-order chi connectivity index (χ0) is 16.4. The van der Waals surface area contributed by atoms with Crippen LogP contribution in [0.1, 0.15) is 34.0 Å². The van der Waals surface area contributed by atoms with E-state index in [0.717, 1.165) is 11.1 Å². The minimum atomic E-state index is -1.02. The van der Waals surface area contributed by atoms with E-state index in [9.17, 15) is 9.59 Å². The Morgan fingerprint density at radius 3 is 2.43 bits per heavy atom. The summed E-state index contributed by atoms with van der Waals surface area (Å²) in [4.78, 5) is 24.6. The normalized spacial score (nSPS) is 19.2. The van der Waals surface area contributed by atoms with Gasteiger partial charge in [-0.3, -0.25) is 9.59 Å². The molecule has 0 spiro atoms. The van der Waals surface area contributed by atoms with Gasteiger partial charge < -0.3 is 10.5 Å². The largest absolute Gasteiger partial charge is 0.465 e. The van der Waals surface area contributed by atoms with Crippen molar-refractivity contribution in [3.8, 4) is 0 Å². The van der Waals surface area contributed by atoms with Gasteiger partial charge in [-0.05, 0) is 24.1 Å². The highest BCUT2D eigenvalue weighted by atomic mass is 16.5. The number of carbonyl (C=O) groups is 2. The Kier molecular flexibility index (Phi) is 4.01. The fourth-order valence-electron chi connectivity index (χ4n) is 3.02. The van der Waals surface area contributed by atoms with Crippen molar-refractivity contribution in [2.45, 2.75) is 25.3 Å². The van der Waals surface area contributed by atoms with E-state index in [1.54, 1.807) is 25.1 Å². The minimum Gasteiger partial charge on any atom is -0.465 e. The number of benzene rings is 2. The van der Waals surface area contributed by atoms with Crippen LogP contribution in [-0.2, 0) is 22.4 Å². The molecule has 4 nitrogen and oxygen atoms in total. The number of carbonyl (C=O) groups excluding carboxylic acids is 2. The second-order valence-electron chi connectivity index (χ2n) is 5.91. The molecule has 0 saturated carbocycles. The lowest BCUT2D eigenvalue weighted by Crippen LogP contribution is -2.50. The van der Waals surface area contributed by atoms with Crippen molar-refractivity contribution in [1.29, 1.82) is 0 Å². The summed E-state index contributed by atoms with van der Waals surface area (Å²) in [6.07, 6.45) is 0.845. The van der Waals surface area contributed by atoms with E-state index in [-0.39, 0.29) is 11.8 Å². The molecule has 118 valence electrons. The topological polar surface area (TPSA) is 69.4 Å². The highest BCUT2D eigenvalue weighted by Crippen LogP contribution is 2.30. The highest BCUT2D eigenvalue weighted by Gasteiger charge is 2.41. The summed E-state index contributed by atoms with van der Waals surface area (Å²) in [7, 11) is 0. The second-order valence-corrected chi connectivity index (χ2v) is 5.91. The maximum atomic E-state index is 12.5. The Morgan fingerprint density at radius 1 is 1.04 bits per heavy atom. The van der Waals surface area contributed by atoms with Crippen LogP contribution >= 0.6 is 0 Å². The zero-order valence-corrected chi connectivity index (χ0v) is 13.0. The molecule has 1 atom stereocenters. The molecule has 0 aromatic heterocycles.